The summed E-state index contributed by atoms with van der Waals surface area (Å²) in [5, 5.41) is 11.9. The number of aryl methyl sites for hydroxylation is 1. The van der Waals surface area contributed by atoms with Crippen molar-refractivity contribution < 1.29 is 13.3 Å². The van der Waals surface area contributed by atoms with E-state index < -0.39 is 8.80 Å². The van der Waals surface area contributed by atoms with Crippen molar-refractivity contribution in [1.82, 2.24) is 20.2 Å². The van der Waals surface area contributed by atoms with Crippen molar-refractivity contribution in [3.63, 3.8) is 0 Å². The maximum atomic E-state index is 5.84. The predicted molar refractivity (Wildman–Crippen MR) is 82.0 cm³/mol. The average molecular weight is 316 g/mol. The molecule has 0 unspecified atom stereocenters. The zero-order valence-corrected chi connectivity index (χ0v) is 14.8. The third kappa shape index (κ3) is 5.46. The summed E-state index contributed by atoms with van der Waals surface area (Å²) >= 11 is 0. The SMILES string of the molecule is CCO[Si](CCCn1nnnc1C(C)C)(OCC)OCC. The van der Waals surface area contributed by atoms with Crippen LogP contribution in [0.2, 0.25) is 6.04 Å². The van der Waals surface area contributed by atoms with Gasteiger partial charge in [-0.05, 0) is 37.6 Å². The van der Waals surface area contributed by atoms with Gasteiger partial charge in [0, 0.05) is 38.3 Å². The van der Waals surface area contributed by atoms with E-state index in [2.05, 4.69) is 29.4 Å². The second-order valence-electron chi connectivity index (χ2n) is 5.00. The minimum absolute atomic E-state index is 0.313. The normalized spacial score (nSPS) is 12.3. The number of nitrogens with zero attached hydrogens (tertiary/aromatic N) is 4. The van der Waals surface area contributed by atoms with Crippen molar-refractivity contribution >= 4 is 8.80 Å². The molecule has 1 rings (SSSR count). The summed E-state index contributed by atoms with van der Waals surface area (Å²) in [7, 11) is -2.56. The molecule has 8 heteroatoms. The first-order valence-corrected chi connectivity index (χ1v) is 9.69. The first-order chi connectivity index (χ1) is 10.1. The van der Waals surface area contributed by atoms with Crippen LogP contribution >= 0.6 is 0 Å². The molecule has 0 aliphatic rings. The predicted octanol–water partition coefficient (Wildman–Crippen LogP) is 2.24. The number of hydrogen-bond donors (Lipinski definition) is 0. The van der Waals surface area contributed by atoms with Gasteiger partial charge >= 0.3 is 8.80 Å². The van der Waals surface area contributed by atoms with Crippen molar-refractivity contribution in [3.05, 3.63) is 5.82 Å². The largest absolute Gasteiger partial charge is 0.500 e. The van der Waals surface area contributed by atoms with E-state index in [1.165, 1.54) is 0 Å². The second-order valence-corrected chi connectivity index (χ2v) is 7.73. The zero-order valence-electron chi connectivity index (χ0n) is 13.8. The number of rotatable bonds is 11. The zero-order chi connectivity index (χ0) is 15.7. The Balaban J connectivity index is 2.61. The van der Waals surface area contributed by atoms with Crippen molar-refractivity contribution in [3.8, 4) is 0 Å². The standard InChI is InChI=1S/C13H28N4O3Si/c1-6-18-21(19-7-2,20-8-3)11-9-10-17-13(12(4)5)14-15-16-17/h12H,6-11H2,1-5H3. The third-order valence-corrected chi connectivity index (χ3v) is 6.17. The van der Waals surface area contributed by atoms with Gasteiger partial charge in [-0.15, -0.1) is 5.10 Å². The Kier molecular flexibility index (Phi) is 8.01. The highest BCUT2D eigenvalue weighted by atomic mass is 28.4. The van der Waals surface area contributed by atoms with E-state index in [1.807, 2.05) is 25.5 Å². The van der Waals surface area contributed by atoms with Gasteiger partial charge in [0.05, 0.1) is 0 Å². The Hall–Kier alpha value is -0.833. The van der Waals surface area contributed by atoms with Crippen LogP contribution in [-0.4, -0.2) is 48.8 Å². The smallest absolute Gasteiger partial charge is 0.374 e. The monoisotopic (exact) mass is 316 g/mol. The van der Waals surface area contributed by atoms with E-state index in [9.17, 15) is 0 Å². The van der Waals surface area contributed by atoms with E-state index in [0.717, 1.165) is 24.8 Å². The lowest BCUT2D eigenvalue weighted by atomic mass is 10.2. The molecule has 0 saturated heterocycles. The molecule has 0 aliphatic heterocycles. The molecule has 7 nitrogen and oxygen atoms in total. The van der Waals surface area contributed by atoms with E-state index in [1.54, 1.807) is 0 Å². The first kappa shape index (κ1) is 18.2. The molecule has 0 N–H and O–H groups in total. The molecule has 0 aliphatic carbocycles. The van der Waals surface area contributed by atoms with Crippen LogP contribution in [0.3, 0.4) is 0 Å². The molecule has 0 bridgehead atoms. The fraction of sp³-hybridized carbons (Fsp3) is 0.923. The van der Waals surface area contributed by atoms with Gasteiger partial charge in [0.1, 0.15) is 0 Å². The lowest BCUT2D eigenvalue weighted by Crippen LogP contribution is -2.46. The van der Waals surface area contributed by atoms with Crippen LogP contribution in [-0.2, 0) is 19.8 Å². The van der Waals surface area contributed by atoms with Crippen molar-refractivity contribution in [2.45, 2.75) is 59.5 Å². The Labute approximate surface area is 128 Å². The first-order valence-electron chi connectivity index (χ1n) is 7.76. The Bertz CT molecular complexity index is 384. The maximum Gasteiger partial charge on any atom is 0.500 e. The van der Waals surface area contributed by atoms with Crippen molar-refractivity contribution in [2.24, 2.45) is 0 Å². The van der Waals surface area contributed by atoms with Crippen LogP contribution in [0.4, 0.5) is 0 Å². The lowest BCUT2D eigenvalue weighted by Gasteiger charge is -2.28. The molecule has 1 heterocycles. The van der Waals surface area contributed by atoms with Crippen LogP contribution in [0, 0.1) is 0 Å². The van der Waals surface area contributed by atoms with Gasteiger partial charge in [-0.3, -0.25) is 0 Å². The molecule has 0 saturated carbocycles. The molecule has 1 aromatic heterocycles. The number of tetrazole rings is 1. The molecule has 0 aromatic carbocycles. The summed E-state index contributed by atoms with van der Waals surface area (Å²) in [6.07, 6.45) is 0.872. The highest BCUT2D eigenvalue weighted by Gasteiger charge is 2.39. The van der Waals surface area contributed by atoms with Crippen LogP contribution in [0.25, 0.3) is 0 Å². The molecule has 1 aromatic rings. The summed E-state index contributed by atoms with van der Waals surface area (Å²) < 4.78 is 19.4. The van der Waals surface area contributed by atoms with Gasteiger partial charge in [0.2, 0.25) is 0 Å². The highest BCUT2D eigenvalue weighted by molar-refractivity contribution is 6.60. The van der Waals surface area contributed by atoms with Crippen molar-refractivity contribution in [2.75, 3.05) is 19.8 Å². The molecule has 0 amide bonds. The van der Waals surface area contributed by atoms with Crippen LogP contribution < -0.4 is 0 Å². The van der Waals surface area contributed by atoms with Gasteiger partial charge in [-0.2, -0.15) is 0 Å². The van der Waals surface area contributed by atoms with Gasteiger partial charge in [-0.1, -0.05) is 13.8 Å². The molecule has 0 fully saturated rings. The molecule has 0 spiro atoms. The minimum Gasteiger partial charge on any atom is -0.374 e. The van der Waals surface area contributed by atoms with Gasteiger partial charge in [-0.25, -0.2) is 4.68 Å². The summed E-state index contributed by atoms with van der Waals surface area (Å²) in [5.41, 5.74) is 0. The molecular weight excluding hydrogens is 288 g/mol. The Morgan fingerprint density at radius 2 is 1.62 bits per heavy atom. The van der Waals surface area contributed by atoms with Crippen molar-refractivity contribution in [1.29, 1.82) is 0 Å². The van der Waals surface area contributed by atoms with E-state index >= 15 is 0 Å². The van der Waals surface area contributed by atoms with E-state index in [-0.39, 0.29) is 0 Å². The maximum absolute atomic E-state index is 5.84. The van der Waals surface area contributed by atoms with Gasteiger partial charge in [0.25, 0.3) is 0 Å². The highest BCUT2D eigenvalue weighted by Crippen LogP contribution is 2.19. The Morgan fingerprint density at radius 3 is 2.10 bits per heavy atom. The topological polar surface area (TPSA) is 71.3 Å². The molecule has 0 radical (unpaired) electrons. The molecular formula is C13H28N4O3Si. The van der Waals surface area contributed by atoms with Crippen LogP contribution in [0.5, 0.6) is 0 Å². The summed E-state index contributed by atoms with van der Waals surface area (Å²) in [4.78, 5) is 0. The molecule has 0 atom stereocenters. The quantitative estimate of drug-likeness (QED) is 0.583. The van der Waals surface area contributed by atoms with Crippen LogP contribution in [0.15, 0.2) is 0 Å². The van der Waals surface area contributed by atoms with Gasteiger partial charge in [0.15, 0.2) is 5.82 Å². The summed E-state index contributed by atoms with van der Waals surface area (Å²) in [6.45, 7) is 12.6. The second kappa shape index (κ2) is 9.24. The summed E-state index contributed by atoms with van der Waals surface area (Å²) in [6, 6.07) is 0.778. The summed E-state index contributed by atoms with van der Waals surface area (Å²) in [5.74, 6) is 1.22. The fourth-order valence-corrected chi connectivity index (χ4v) is 4.82. The van der Waals surface area contributed by atoms with Gasteiger partial charge < -0.3 is 13.3 Å². The third-order valence-electron chi connectivity index (χ3n) is 3.02. The molecule has 21 heavy (non-hydrogen) atoms. The minimum atomic E-state index is -2.56. The molecule has 122 valence electrons. The van der Waals surface area contributed by atoms with Crippen LogP contribution in [0.1, 0.15) is 52.8 Å². The van der Waals surface area contributed by atoms with E-state index in [4.69, 9.17) is 13.3 Å². The van der Waals surface area contributed by atoms with E-state index in [0.29, 0.717) is 25.7 Å². The lowest BCUT2D eigenvalue weighted by molar-refractivity contribution is 0.0704. The fourth-order valence-electron chi connectivity index (χ4n) is 2.23. The number of aromatic nitrogens is 4. The average Bonchev–Trinajstić information content (AvgIpc) is 2.88. The Morgan fingerprint density at radius 1 is 1.05 bits per heavy atom. The number of hydrogen-bond acceptors (Lipinski definition) is 6.